The topological polar surface area (TPSA) is 93.5 Å². The zero-order valence-electron chi connectivity index (χ0n) is 14.2. The van der Waals surface area contributed by atoms with Gasteiger partial charge in [-0.05, 0) is 37.2 Å². The lowest BCUT2D eigenvalue weighted by molar-refractivity contribution is -0.384. The smallest absolute Gasteiger partial charge is 0.341 e. The predicted molar refractivity (Wildman–Crippen MR) is 103 cm³/mol. The van der Waals surface area contributed by atoms with Crippen LogP contribution in [0, 0.1) is 22.9 Å². The summed E-state index contributed by atoms with van der Waals surface area (Å²) in [7, 11) is 1.29. The number of thiocarbonyl (C=S) groups is 1. The summed E-state index contributed by atoms with van der Waals surface area (Å²) in [5, 5.41) is 16.7. The molecule has 0 saturated carbocycles. The molecule has 26 heavy (non-hydrogen) atoms. The van der Waals surface area contributed by atoms with Crippen molar-refractivity contribution in [3.63, 3.8) is 0 Å². The number of nitro benzene ring substituents is 1. The average molecular weight is 397 g/mol. The fourth-order valence-electron chi connectivity index (χ4n) is 2.39. The second-order valence-corrected chi connectivity index (χ2v) is 6.82. The minimum Gasteiger partial charge on any atom is -0.465 e. The maximum Gasteiger partial charge on any atom is 0.341 e. The van der Waals surface area contributed by atoms with Crippen LogP contribution in [-0.4, -0.2) is 23.1 Å². The summed E-state index contributed by atoms with van der Waals surface area (Å²) >= 11 is 6.47. The predicted octanol–water partition coefficient (Wildman–Crippen LogP) is 4.26. The molecule has 1 aromatic carbocycles. The maximum atomic E-state index is 13.9. The van der Waals surface area contributed by atoms with E-state index in [-0.39, 0.29) is 16.5 Å². The molecule has 0 bridgehead atoms. The molecule has 2 N–H and O–H groups in total. The highest BCUT2D eigenvalue weighted by atomic mass is 32.1. The van der Waals surface area contributed by atoms with Crippen LogP contribution in [0.4, 0.5) is 20.8 Å². The molecule has 0 radical (unpaired) electrons. The number of nitrogens with one attached hydrogen (secondary N) is 2. The molecule has 0 aliphatic rings. The Morgan fingerprint density at radius 3 is 2.69 bits per heavy atom. The number of nitrogens with zero attached hydrogens (tertiary/aromatic N) is 1. The third kappa shape index (κ3) is 4.14. The molecule has 2 rings (SSSR count). The number of non-ortho nitro benzene ring substituents is 1. The summed E-state index contributed by atoms with van der Waals surface area (Å²) in [5.41, 5.74) is 0.808. The summed E-state index contributed by atoms with van der Waals surface area (Å²) in [6.45, 7) is 3.79. The molecule has 0 spiro atoms. The van der Waals surface area contributed by atoms with Crippen molar-refractivity contribution in [1.29, 1.82) is 0 Å². The highest BCUT2D eigenvalue weighted by Crippen LogP contribution is 2.34. The van der Waals surface area contributed by atoms with Crippen molar-refractivity contribution in [2.45, 2.75) is 20.3 Å². The van der Waals surface area contributed by atoms with Gasteiger partial charge in [-0.1, -0.05) is 6.92 Å². The normalized spacial score (nSPS) is 10.3. The monoisotopic (exact) mass is 397 g/mol. The molecule has 10 heteroatoms. The molecule has 0 amide bonds. The first-order valence-corrected chi connectivity index (χ1v) is 8.73. The van der Waals surface area contributed by atoms with Gasteiger partial charge in [0.2, 0.25) is 0 Å². The van der Waals surface area contributed by atoms with Crippen molar-refractivity contribution >= 4 is 51.0 Å². The first kappa shape index (κ1) is 19.7. The second-order valence-electron chi connectivity index (χ2n) is 5.19. The number of esters is 1. The van der Waals surface area contributed by atoms with Crippen molar-refractivity contribution in [3.05, 3.63) is 50.1 Å². The number of methoxy groups -OCH3 is 1. The highest BCUT2D eigenvalue weighted by Gasteiger charge is 2.22. The fraction of sp³-hybridized carbons (Fsp3) is 0.250. The Labute approximate surface area is 158 Å². The summed E-state index contributed by atoms with van der Waals surface area (Å²) in [6, 6.07) is 3.08. The fourth-order valence-corrected chi connectivity index (χ4v) is 3.80. The van der Waals surface area contributed by atoms with Gasteiger partial charge in [-0.25, -0.2) is 9.18 Å². The molecule has 0 unspecified atom stereocenters. The Kier molecular flexibility index (Phi) is 6.22. The molecule has 2 aromatic rings. The van der Waals surface area contributed by atoms with E-state index in [0.29, 0.717) is 17.0 Å². The molecular formula is C16H16FN3O4S2. The number of nitro groups is 1. The first-order valence-electron chi connectivity index (χ1n) is 7.51. The minimum atomic E-state index is -0.690. The standard InChI is InChI=1S/C16H16FN3O4S2/c1-4-10-8(2)26-14(13(10)15(21)24-3)19-16(25)18-12-7-9(20(22)23)5-6-11(12)17/h5-7H,4H2,1-3H3,(H2,18,19,25). The van der Waals surface area contributed by atoms with Gasteiger partial charge in [0.05, 0.1) is 23.3 Å². The van der Waals surface area contributed by atoms with E-state index in [9.17, 15) is 19.3 Å². The van der Waals surface area contributed by atoms with Crippen LogP contribution in [0.25, 0.3) is 0 Å². The van der Waals surface area contributed by atoms with Crippen LogP contribution in [0.1, 0.15) is 27.7 Å². The van der Waals surface area contributed by atoms with Crippen molar-refractivity contribution in [2.75, 3.05) is 17.7 Å². The molecule has 0 saturated heterocycles. The number of halogens is 1. The number of ether oxygens (including phenoxy) is 1. The number of benzene rings is 1. The molecule has 7 nitrogen and oxygen atoms in total. The van der Waals surface area contributed by atoms with Gasteiger partial charge in [0, 0.05) is 17.0 Å². The number of anilines is 2. The third-order valence-electron chi connectivity index (χ3n) is 3.59. The van der Waals surface area contributed by atoms with Crippen molar-refractivity contribution in [1.82, 2.24) is 0 Å². The van der Waals surface area contributed by atoms with E-state index >= 15 is 0 Å². The largest absolute Gasteiger partial charge is 0.465 e. The SMILES string of the molecule is CCc1c(C)sc(NC(=S)Nc2cc([N+](=O)[O-])ccc2F)c1C(=O)OC. The van der Waals surface area contributed by atoms with Gasteiger partial charge in [0.25, 0.3) is 5.69 Å². The van der Waals surface area contributed by atoms with Gasteiger partial charge in [0.15, 0.2) is 5.11 Å². The minimum absolute atomic E-state index is 0.00143. The van der Waals surface area contributed by atoms with E-state index in [0.717, 1.165) is 28.6 Å². The molecule has 0 fully saturated rings. The lowest BCUT2D eigenvalue weighted by Crippen LogP contribution is -2.21. The maximum absolute atomic E-state index is 13.9. The third-order valence-corrected chi connectivity index (χ3v) is 4.86. The number of carbonyl (C=O) groups is 1. The number of hydrogen-bond acceptors (Lipinski definition) is 6. The van der Waals surface area contributed by atoms with E-state index in [4.69, 9.17) is 17.0 Å². The van der Waals surface area contributed by atoms with Crippen LogP contribution in [0.15, 0.2) is 18.2 Å². The molecule has 1 heterocycles. The number of thiophene rings is 1. The van der Waals surface area contributed by atoms with Crippen molar-refractivity contribution in [3.8, 4) is 0 Å². The van der Waals surface area contributed by atoms with Crippen LogP contribution in [0.3, 0.4) is 0 Å². The number of aryl methyl sites for hydroxylation is 1. The summed E-state index contributed by atoms with van der Waals surface area (Å²) in [4.78, 5) is 23.2. The summed E-state index contributed by atoms with van der Waals surface area (Å²) in [5.74, 6) is -1.19. The van der Waals surface area contributed by atoms with E-state index < -0.39 is 16.7 Å². The molecule has 138 valence electrons. The summed E-state index contributed by atoms with van der Waals surface area (Å²) in [6.07, 6.45) is 0.633. The van der Waals surface area contributed by atoms with E-state index in [1.165, 1.54) is 18.4 Å². The van der Waals surface area contributed by atoms with Crippen LogP contribution >= 0.6 is 23.6 Å². The van der Waals surface area contributed by atoms with Gasteiger partial charge in [0.1, 0.15) is 10.8 Å². The van der Waals surface area contributed by atoms with Crippen LogP contribution < -0.4 is 10.6 Å². The number of hydrogen-bond donors (Lipinski definition) is 2. The van der Waals surface area contributed by atoms with E-state index in [1.807, 2.05) is 13.8 Å². The Hall–Kier alpha value is -2.59. The first-order chi connectivity index (χ1) is 12.3. The molecule has 0 atom stereocenters. The van der Waals surface area contributed by atoms with E-state index in [1.54, 1.807) is 0 Å². The summed E-state index contributed by atoms with van der Waals surface area (Å²) < 4.78 is 18.7. The second kappa shape index (κ2) is 8.19. The highest BCUT2D eigenvalue weighted by molar-refractivity contribution is 7.80. The zero-order valence-corrected chi connectivity index (χ0v) is 15.8. The quantitative estimate of drug-likeness (QED) is 0.337. The van der Waals surface area contributed by atoms with Crippen LogP contribution in [0.5, 0.6) is 0 Å². The Morgan fingerprint density at radius 2 is 2.12 bits per heavy atom. The van der Waals surface area contributed by atoms with Gasteiger partial charge in [-0.2, -0.15) is 0 Å². The molecule has 1 aromatic heterocycles. The van der Waals surface area contributed by atoms with Gasteiger partial charge in [-0.3, -0.25) is 10.1 Å². The van der Waals surface area contributed by atoms with E-state index in [2.05, 4.69) is 10.6 Å². The van der Waals surface area contributed by atoms with Crippen molar-refractivity contribution in [2.24, 2.45) is 0 Å². The van der Waals surface area contributed by atoms with Gasteiger partial charge >= 0.3 is 5.97 Å². The Bertz CT molecular complexity index is 883. The van der Waals surface area contributed by atoms with Crippen LogP contribution in [-0.2, 0) is 11.2 Å². The average Bonchev–Trinajstić information content (AvgIpc) is 2.90. The number of rotatable bonds is 5. The Morgan fingerprint density at radius 1 is 1.42 bits per heavy atom. The molecule has 0 aliphatic heterocycles. The molecular weight excluding hydrogens is 381 g/mol. The lowest BCUT2D eigenvalue weighted by Gasteiger charge is -2.11. The van der Waals surface area contributed by atoms with Gasteiger partial charge < -0.3 is 15.4 Å². The van der Waals surface area contributed by atoms with Crippen molar-refractivity contribution < 1.29 is 18.8 Å². The molecule has 0 aliphatic carbocycles. The lowest BCUT2D eigenvalue weighted by atomic mass is 10.1. The Balaban J connectivity index is 2.27. The van der Waals surface area contributed by atoms with Crippen LogP contribution in [0.2, 0.25) is 0 Å². The van der Waals surface area contributed by atoms with Gasteiger partial charge in [-0.15, -0.1) is 11.3 Å². The number of carbonyl (C=O) groups excluding carboxylic acids is 1. The zero-order chi connectivity index (χ0) is 19.4.